The Morgan fingerprint density at radius 3 is 1.00 bits per heavy atom. The van der Waals surface area contributed by atoms with Crippen LogP contribution >= 0.6 is 0 Å². The molecule has 0 saturated carbocycles. The van der Waals surface area contributed by atoms with Crippen LogP contribution in [-0.4, -0.2) is 51.3 Å². The van der Waals surface area contributed by atoms with Gasteiger partial charge in [0.15, 0.2) is 0 Å². The first kappa shape index (κ1) is 34.7. The van der Waals surface area contributed by atoms with Gasteiger partial charge >= 0.3 is 17.4 Å². The molecule has 0 aromatic rings. The third-order valence-corrected chi connectivity index (χ3v) is 0. The van der Waals surface area contributed by atoms with Crippen molar-refractivity contribution in [3.8, 4) is 0 Å². The van der Waals surface area contributed by atoms with E-state index in [1.54, 1.807) is 0 Å². The molecule has 0 radical (unpaired) electrons. The molecule has 0 unspecified atom stereocenters. The molecule has 0 amide bonds. The van der Waals surface area contributed by atoms with Gasteiger partial charge in [-0.15, -0.1) is 0 Å². The summed E-state index contributed by atoms with van der Waals surface area (Å²) in [7, 11) is -5.17. The fraction of sp³-hybridized carbons (Fsp3) is 0. The van der Waals surface area contributed by atoms with Crippen molar-refractivity contribution in [1.82, 2.24) is 0 Å². The summed E-state index contributed by atoms with van der Waals surface area (Å²) in [5, 5.41) is 0. The maximum Gasteiger partial charge on any atom is 3.00 e. The van der Waals surface area contributed by atoms with Gasteiger partial charge in [-0.3, -0.25) is 8.42 Å². The molecule has 0 aliphatic carbocycles. The van der Waals surface area contributed by atoms with Crippen molar-refractivity contribution < 1.29 is 34.0 Å². The smallest absolute Gasteiger partial charge is 0.870 e. The van der Waals surface area contributed by atoms with Gasteiger partial charge in [0.25, 0.3) is 0 Å². The van der Waals surface area contributed by atoms with Crippen molar-refractivity contribution >= 4 is 27.8 Å². The molecule has 0 spiro atoms. The van der Waals surface area contributed by atoms with Crippen molar-refractivity contribution in [3.05, 3.63) is 0 Å². The fourth-order valence-corrected chi connectivity index (χ4v) is 0. The predicted octanol–water partition coefficient (Wildman–Crippen LogP) is -3.54. The summed E-state index contributed by atoms with van der Waals surface area (Å²) in [6.07, 6.45) is 0. The van der Waals surface area contributed by atoms with Crippen LogP contribution in [0.5, 0.6) is 0 Å². The Kier molecular flexibility index (Phi) is 42.9. The Bertz CT molecular complexity index is 92.1. The van der Waals surface area contributed by atoms with Crippen LogP contribution < -0.4 is 0 Å². The fourth-order valence-electron chi connectivity index (χ4n) is 0. The zero-order chi connectivity index (χ0) is 4.50. The Morgan fingerprint density at radius 1 is 1.00 bits per heavy atom. The molecule has 0 fully saturated rings. The average Bonchev–Trinajstić information content (AvgIpc) is 0.722. The van der Waals surface area contributed by atoms with Gasteiger partial charge in [-0.25, -0.2) is 0 Å². The molecule has 0 bridgehead atoms. The number of hydrogen-bond donors (Lipinski definition) is 0. The molecule has 9 heteroatoms. The van der Waals surface area contributed by atoms with Crippen LogP contribution in [0.2, 0.25) is 0 Å². The monoisotopic (exact) mass is 176 g/mol. The van der Waals surface area contributed by atoms with Gasteiger partial charge in [0.1, 0.15) is 0 Å². The molecule has 0 heterocycles. The first-order valence-corrected chi connectivity index (χ1v) is 2.00. The summed E-state index contributed by atoms with van der Waals surface area (Å²) in [5.74, 6) is 0. The third kappa shape index (κ3) is 4100. The van der Waals surface area contributed by atoms with E-state index in [0.29, 0.717) is 0 Å². The predicted molar refractivity (Wildman–Crippen MR) is 25.4 cm³/mol. The van der Waals surface area contributed by atoms with Crippen molar-refractivity contribution in [3.63, 3.8) is 0 Å². The third-order valence-electron chi connectivity index (χ3n) is 0. The quantitative estimate of drug-likeness (QED) is 0.210. The maximum absolute atomic E-state index is 8.52. The maximum atomic E-state index is 8.52. The van der Waals surface area contributed by atoms with E-state index in [0.717, 1.165) is 0 Å². The van der Waals surface area contributed by atoms with Crippen molar-refractivity contribution in [1.29, 1.82) is 0 Å². The Labute approximate surface area is 62.3 Å². The Morgan fingerprint density at radius 2 is 1.00 bits per heavy atom. The summed E-state index contributed by atoms with van der Waals surface area (Å²) in [6.45, 7) is 0. The molecule has 0 rings (SSSR count). The molecule has 7 nitrogen and oxygen atoms in total. The van der Waals surface area contributed by atoms with Crippen LogP contribution in [0, 0.1) is 0 Å². The summed E-state index contributed by atoms with van der Waals surface area (Å²) < 4.78 is 34.1. The van der Waals surface area contributed by atoms with E-state index >= 15 is 0 Å². The normalized spacial score (nSPS) is 6.44. The van der Waals surface area contributed by atoms with E-state index < -0.39 is 10.4 Å². The van der Waals surface area contributed by atoms with Crippen LogP contribution in [0.25, 0.3) is 0 Å². The largest absolute Gasteiger partial charge is 3.00 e. The Balaban J connectivity index is -0.0000000133. The molecular weight excluding hydrogens is 171 g/mol. The molecule has 5 N–H and O–H groups in total. The van der Waals surface area contributed by atoms with Crippen LogP contribution in [0.4, 0.5) is 0 Å². The van der Waals surface area contributed by atoms with E-state index in [9.17, 15) is 0 Å². The second kappa shape index (κ2) is 11.1. The Hall–Kier alpha value is 0.282. The summed E-state index contributed by atoms with van der Waals surface area (Å²) in [4.78, 5) is 0. The zero-order valence-corrected chi connectivity index (χ0v) is 6.04. The van der Waals surface area contributed by atoms with Crippen molar-refractivity contribution in [2.75, 3.05) is 0 Å². The standard InChI is InChI=1S/Al.H2O4S.3H2O/c;1-5(2,3)4;;;/h;(H2,1,2,3,4);3*1H2/q+3;;;;/p-3. The molecule has 9 heavy (non-hydrogen) atoms. The van der Waals surface area contributed by atoms with Gasteiger partial charge in [0, 0.05) is 10.4 Å². The molecule has 0 aromatic carbocycles. The molecule has 56 valence electrons. The topological polar surface area (TPSA) is 173 Å². The SMILES string of the molecule is O.O.O=S(=O)([O-])[O-].[Al+3].[OH-]. The zero-order valence-electron chi connectivity index (χ0n) is 4.07. The molecule has 0 aliphatic heterocycles. The summed E-state index contributed by atoms with van der Waals surface area (Å²) >= 11 is 0. The van der Waals surface area contributed by atoms with E-state index in [4.69, 9.17) is 17.5 Å². The minimum atomic E-state index is -5.17. The first-order valence-electron chi connectivity index (χ1n) is 0.667. The van der Waals surface area contributed by atoms with Gasteiger partial charge in [-0.2, -0.15) is 0 Å². The molecule has 0 aliphatic rings. The van der Waals surface area contributed by atoms with Gasteiger partial charge < -0.3 is 25.5 Å². The minimum Gasteiger partial charge on any atom is -0.870 e. The second-order valence-corrected chi connectivity index (χ2v) is 1.22. The summed E-state index contributed by atoms with van der Waals surface area (Å²) in [5.41, 5.74) is 0. The van der Waals surface area contributed by atoms with Crippen LogP contribution in [-0.2, 0) is 10.4 Å². The van der Waals surface area contributed by atoms with Crippen LogP contribution in [0.1, 0.15) is 0 Å². The molecular formula is H5AlO7S. The van der Waals surface area contributed by atoms with Crippen molar-refractivity contribution in [2.24, 2.45) is 0 Å². The van der Waals surface area contributed by atoms with Gasteiger partial charge in [-0.05, 0) is 0 Å². The van der Waals surface area contributed by atoms with Crippen molar-refractivity contribution in [2.45, 2.75) is 0 Å². The summed E-state index contributed by atoms with van der Waals surface area (Å²) in [6, 6.07) is 0. The van der Waals surface area contributed by atoms with E-state index in [1.807, 2.05) is 0 Å². The second-order valence-electron chi connectivity index (χ2n) is 0.408. The van der Waals surface area contributed by atoms with E-state index in [-0.39, 0.29) is 33.8 Å². The molecule has 0 saturated heterocycles. The van der Waals surface area contributed by atoms with E-state index in [1.165, 1.54) is 0 Å². The van der Waals surface area contributed by atoms with Gasteiger partial charge in [0.05, 0.1) is 0 Å². The molecule has 0 atom stereocenters. The van der Waals surface area contributed by atoms with E-state index in [2.05, 4.69) is 0 Å². The minimum absolute atomic E-state index is 0. The number of rotatable bonds is 0. The van der Waals surface area contributed by atoms with Gasteiger partial charge in [0.2, 0.25) is 0 Å². The van der Waals surface area contributed by atoms with Crippen LogP contribution in [0.3, 0.4) is 0 Å². The average molecular weight is 176 g/mol. The van der Waals surface area contributed by atoms with Gasteiger partial charge in [-0.1, -0.05) is 0 Å². The molecule has 0 aromatic heterocycles. The van der Waals surface area contributed by atoms with Crippen LogP contribution in [0.15, 0.2) is 0 Å². The number of hydrogen-bond acceptors (Lipinski definition) is 5. The first-order chi connectivity index (χ1) is 2.00.